The summed E-state index contributed by atoms with van der Waals surface area (Å²) in [5.41, 5.74) is 8.53. The highest BCUT2D eigenvalue weighted by Gasteiger charge is 2.10. The summed E-state index contributed by atoms with van der Waals surface area (Å²) in [6.45, 7) is 0. The van der Waals surface area contributed by atoms with Gasteiger partial charge < -0.3 is 10.5 Å². The van der Waals surface area contributed by atoms with Gasteiger partial charge >= 0.3 is 0 Å². The zero-order valence-corrected chi connectivity index (χ0v) is 12.3. The minimum absolute atomic E-state index is 0.0792. The molecule has 1 unspecified atom stereocenters. The second-order valence-corrected chi connectivity index (χ2v) is 5.25. The third-order valence-corrected chi connectivity index (χ3v) is 3.51. The Morgan fingerprint density at radius 3 is 2.70 bits per heavy atom. The highest BCUT2D eigenvalue weighted by atomic mass is 35.5. The van der Waals surface area contributed by atoms with Crippen LogP contribution in [0.1, 0.15) is 17.5 Å². The van der Waals surface area contributed by atoms with Crippen LogP contribution >= 0.6 is 11.6 Å². The summed E-state index contributed by atoms with van der Waals surface area (Å²) in [4.78, 5) is 4.01. The Bertz CT molecular complexity index is 545. The van der Waals surface area contributed by atoms with Crippen molar-refractivity contribution in [3.05, 3.63) is 58.9 Å². The summed E-state index contributed by atoms with van der Waals surface area (Å²) in [6, 6.07) is 9.75. The summed E-state index contributed by atoms with van der Waals surface area (Å²) in [5.74, 6) is 0.841. The van der Waals surface area contributed by atoms with Crippen LogP contribution in [0, 0.1) is 0 Å². The average Bonchev–Trinajstić information content (AvgIpc) is 2.46. The molecule has 0 saturated carbocycles. The van der Waals surface area contributed by atoms with Crippen molar-refractivity contribution in [2.75, 3.05) is 7.11 Å². The van der Waals surface area contributed by atoms with Gasteiger partial charge in [0.25, 0.3) is 0 Å². The third-order valence-electron chi connectivity index (χ3n) is 3.28. The lowest BCUT2D eigenvalue weighted by molar-refractivity contribution is 0.407. The summed E-state index contributed by atoms with van der Waals surface area (Å²) in [5, 5.41) is 0.710. The maximum Gasteiger partial charge on any atom is 0.122 e. The molecule has 0 aliphatic carbocycles. The van der Waals surface area contributed by atoms with E-state index in [0.717, 1.165) is 30.6 Å². The number of halogens is 1. The molecule has 0 radical (unpaired) electrons. The maximum atomic E-state index is 6.21. The summed E-state index contributed by atoms with van der Waals surface area (Å²) < 4.78 is 5.34. The van der Waals surface area contributed by atoms with E-state index >= 15 is 0 Å². The van der Waals surface area contributed by atoms with Crippen molar-refractivity contribution >= 4 is 11.6 Å². The number of methoxy groups -OCH3 is 1. The molecule has 0 bridgehead atoms. The van der Waals surface area contributed by atoms with Crippen LogP contribution in [0.5, 0.6) is 5.75 Å². The molecule has 106 valence electrons. The van der Waals surface area contributed by atoms with Crippen LogP contribution in [0.25, 0.3) is 0 Å². The molecular formula is C16H19ClN2O. The molecule has 2 aromatic rings. The first-order valence-electron chi connectivity index (χ1n) is 6.66. The number of ether oxygens (including phenoxy) is 1. The second kappa shape index (κ2) is 7.27. The summed E-state index contributed by atoms with van der Waals surface area (Å²) in [7, 11) is 1.66. The predicted octanol–water partition coefficient (Wildman–Crippen LogP) is 3.25. The Hall–Kier alpha value is -1.58. The van der Waals surface area contributed by atoms with Crippen molar-refractivity contribution in [1.82, 2.24) is 4.98 Å². The Kier molecular flexibility index (Phi) is 5.39. The fraction of sp³-hybridized carbons (Fsp3) is 0.312. The van der Waals surface area contributed by atoms with Gasteiger partial charge in [0.2, 0.25) is 0 Å². The van der Waals surface area contributed by atoms with Crippen molar-refractivity contribution in [3.8, 4) is 5.75 Å². The van der Waals surface area contributed by atoms with E-state index in [2.05, 4.69) is 4.98 Å². The SMILES string of the molecule is COc1ccc(Cl)cc1CC(N)CCc1ccncc1. The lowest BCUT2D eigenvalue weighted by Gasteiger charge is -2.14. The normalized spacial score (nSPS) is 12.2. The number of aryl methyl sites for hydroxylation is 1. The number of hydrogen-bond acceptors (Lipinski definition) is 3. The smallest absolute Gasteiger partial charge is 0.122 e. The Morgan fingerprint density at radius 1 is 1.25 bits per heavy atom. The first-order chi connectivity index (χ1) is 9.69. The van der Waals surface area contributed by atoms with Gasteiger partial charge in [-0.05, 0) is 60.7 Å². The molecule has 20 heavy (non-hydrogen) atoms. The maximum absolute atomic E-state index is 6.21. The number of benzene rings is 1. The van der Waals surface area contributed by atoms with Gasteiger partial charge in [0.1, 0.15) is 5.75 Å². The molecule has 1 heterocycles. The number of nitrogens with zero attached hydrogens (tertiary/aromatic N) is 1. The number of rotatable bonds is 6. The fourth-order valence-corrected chi connectivity index (χ4v) is 2.39. The minimum atomic E-state index is 0.0792. The third kappa shape index (κ3) is 4.22. The van der Waals surface area contributed by atoms with Gasteiger partial charge in [0, 0.05) is 23.5 Å². The minimum Gasteiger partial charge on any atom is -0.496 e. The topological polar surface area (TPSA) is 48.1 Å². The predicted molar refractivity (Wildman–Crippen MR) is 82.2 cm³/mol. The van der Waals surface area contributed by atoms with Crippen LogP contribution in [0.15, 0.2) is 42.7 Å². The van der Waals surface area contributed by atoms with E-state index in [1.807, 2.05) is 30.3 Å². The van der Waals surface area contributed by atoms with E-state index in [-0.39, 0.29) is 6.04 Å². The molecule has 4 heteroatoms. The van der Waals surface area contributed by atoms with Crippen molar-refractivity contribution in [1.29, 1.82) is 0 Å². The van der Waals surface area contributed by atoms with Gasteiger partial charge in [0.05, 0.1) is 7.11 Å². The van der Waals surface area contributed by atoms with Crippen LogP contribution in [0.3, 0.4) is 0 Å². The molecule has 3 nitrogen and oxygen atoms in total. The average molecular weight is 291 g/mol. The zero-order valence-electron chi connectivity index (χ0n) is 11.6. The summed E-state index contributed by atoms with van der Waals surface area (Å²) >= 11 is 6.03. The summed E-state index contributed by atoms with van der Waals surface area (Å²) in [6.07, 6.45) is 6.24. The van der Waals surface area contributed by atoms with Gasteiger partial charge in [-0.15, -0.1) is 0 Å². The Balaban J connectivity index is 1.94. The standard InChI is InChI=1S/C16H19ClN2O/c1-20-16-5-3-14(17)10-13(16)11-15(18)4-2-12-6-8-19-9-7-12/h3,5-10,15H,2,4,11,18H2,1H3. The molecule has 0 saturated heterocycles. The van der Waals surface area contributed by atoms with E-state index < -0.39 is 0 Å². The molecule has 2 rings (SSSR count). The molecule has 1 aromatic carbocycles. The van der Waals surface area contributed by atoms with Crippen molar-refractivity contribution < 1.29 is 4.74 Å². The Labute approximate surface area is 124 Å². The fourth-order valence-electron chi connectivity index (χ4n) is 2.19. The van der Waals surface area contributed by atoms with E-state index in [1.54, 1.807) is 19.5 Å². The number of aromatic nitrogens is 1. The molecule has 1 aromatic heterocycles. The van der Waals surface area contributed by atoms with E-state index in [1.165, 1.54) is 5.56 Å². The highest BCUT2D eigenvalue weighted by Crippen LogP contribution is 2.24. The van der Waals surface area contributed by atoms with Crippen LogP contribution < -0.4 is 10.5 Å². The molecule has 0 aliphatic rings. The number of nitrogens with two attached hydrogens (primary N) is 1. The molecule has 0 amide bonds. The molecule has 2 N–H and O–H groups in total. The van der Waals surface area contributed by atoms with Crippen LogP contribution in [0.2, 0.25) is 5.02 Å². The van der Waals surface area contributed by atoms with Crippen molar-refractivity contribution in [3.63, 3.8) is 0 Å². The van der Waals surface area contributed by atoms with Gasteiger partial charge in [-0.2, -0.15) is 0 Å². The lowest BCUT2D eigenvalue weighted by atomic mass is 9.99. The van der Waals surface area contributed by atoms with E-state index in [0.29, 0.717) is 5.02 Å². The molecule has 0 fully saturated rings. The molecule has 0 aliphatic heterocycles. The quantitative estimate of drug-likeness (QED) is 0.888. The van der Waals surface area contributed by atoms with Gasteiger partial charge in [0.15, 0.2) is 0 Å². The molecular weight excluding hydrogens is 272 g/mol. The molecule has 1 atom stereocenters. The Morgan fingerprint density at radius 2 is 2.00 bits per heavy atom. The number of hydrogen-bond donors (Lipinski definition) is 1. The van der Waals surface area contributed by atoms with Crippen molar-refractivity contribution in [2.45, 2.75) is 25.3 Å². The lowest BCUT2D eigenvalue weighted by Crippen LogP contribution is -2.23. The van der Waals surface area contributed by atoms with Crippen molar-refractivity contribution in [2.24, 2.45) is 5.73 Å². The van der Waals surface area contributed by atoms with Crippen LogP contribution in [-0.2, 0) is 12.8 Å². The molecule has 0 spiro atoms. The van der Waals surface area contributed by atoms with Gasteiger partial charge in [-0.1, -0.05) is 11.6 Å². The monoisotopic (exact) mass is 290 g/mol. The van der Waals surface area contributed by atoms with Crippen LogP contribution in [-0.4, -0.2) is 18.1 Å². The number of pyridine rings is 1. The van der Waals surface area contributed by atoms with E-state index in [4.69, 9.17) is 22.1 Å². The highest BCUT2D eigenvalue weighted by molar-refractivity contribution is 6.30. The first-order valence-corrected chi connectivity index (χ1v) is 7.03. The second-order valence-electron chi connectivity index (χ2n) is 4.81. The largest absolute Gasteiger partial charge is 0.496 e. The zero-order chi connectivity index (χ0) is 14.4. The van der Waals surface area contributed by atoms with E-state index in [9.17, 15) is 0 Å². The first kappa shape index (κ1) is 14.8. The van der Waals surface area contributed by atoms with Gasteiger partial charge in [-0.3, -0.25) is 4.98 Å². The van der Waals surface area contributed by atoms with Gasteiger partial charge in [-0.25, -0.2) is 0 Å². The van der Waals surface area contributed by atoms with Crippen LogP contribution in [0.4, 0.5) is 0 Å².